The quantitative estimate of drug-likeness (QED) is 0.534. The Labute approximate surface area is 83.5 Å². The van der Waals surface area contributed by atoms with Gasteiger partial charge in [0.1, 0.15) is 0 Å². The van der Waals surface area contributed by atoms with Crippen molar-refractivity contribution in [1.82, 2.24) is 0 Å². The van der Waals surface area contributed by atoms with Gasteiger partial charge >= 0.3 is 29.6 Å². The van der Waals surface area contributed by atoms with E-state index in [1.165, 1.54) is 0 Å². The van der Waals surface area contributed by atoms with E-state index in [2.05, 4.69) is 0 Å². The first-order chi connectivity index (χ1) is 1.73. The SMILES string of the molecule is CC(=O)O.Cl.[NaH].[Zn]. The molecule has 0 aromatic carbocycles. The van der Waals surface area contributed by atoms with Crippen LogP contribution in [0.5, 0.6) is 0 Å². The van der Waals surface area contributed by atoms with Gasteiger partial charge < -0.3 is 5.11 Å². The Morgan fingerprint density at radius 2 is 1.57 bits per heavy atom. The van der Waals surface area contributed by atoms with Gasteiger partial charge in [-0.1, -0.05) is 0 Å². The zero-order valence-electron chi connectivity index (χ0n) is 3.47. The van der Waals surface area contributed by atoms with Crippen LogP contribution in [0.2, 0.25) is 0 Å². The number of aliphatic carboxylic acids is 1. The first-order valence-electron chi connectivity index (χ1n) is 0.928. The molecule has 0 heterocycles. The molecule has 0 aromatic rings. The third kappa shape index (κ3) is 112. The molecule has 0 aliphatic heterocycles. The molecule has 0 spiro atoms. The first-order valence-corrected chi connectivity index (χ1v) is 0.928. The molecule has 0 aliphatic carbocycles. The molecular formula is C2H6ClNaO2Zn. The second-order valence-electron chi connectivity index (χ2n) is 0.519. The van der Waals surface area contributed by atoms with Gasteiger partial charge in [-0.05, 0) is 0 Å². The van der Waals surface area contributed by atoms with Crippen molar-refractivity contribution >= 4 is 47.9 Å². The predicted octanol–water partition coefficient (Wildman–Crippen LogP) is -0.138. The van der Waals surface area contributed by atoms with E-state index in [0.717, 1.165) is 6.92 Å². The van der Waals surface area contributed by atoms with E-state index in [4.69, 9.17) is 9.90 Å². The molecule has 0 saturated carbocycles. The van der Waals surface area contributed by atoms with Crippen molar-refractivity contribution in [3.05, 3.63) is 0 Å². The molecule has 7 heavy (non-hydrogen) atoms. The number of halogens is 1. The number of hydrogen-bond donors (Lipinski definition) is 1. The summed E-state index contributed by atoms with van der Waals surface area (Å²) in [5, 5.41) is 7.42. The largest absolute Gasteiger partial charge is 0 e. The summed E-state index contributed by atoms with van der Waals surface area (Å²) in [6, 6.07) is 0. The van der Waals surface area contributed by atoms with Gasteiger partial charge in [-0.15, -0.1) is 12.4 Å². The summed E-state index contributed by atoms with van der Waals surface area (Å²) < 4.78 is 0. The van der Waals surface area contributed by atoms with Crippen LogP contribution in [-0.4, -0.2) is 40.6 Å². The van der Waals surface area contributed by atoms with Crippen molar-refractivity contribution in [2.24, 2.45) is 0 Å². The van der Waals surface area contributed by atoms with Gasteiger partial charge in [0, 0.05) is 26.4 Å². The molecule has 0 fully saturated rings. The van der Waals surface area contributed by atoms with Crippen molar-refractivity contribution < 1.29 is 29.4 Å². The van der Waals surface area contributed by atoms with Crippen LogP contribution in [0.4, 0.5) is 0 Å². The van der Waals surface area contributed by atoms with E-state index in [1.54, 1.807) is 0 Å². The van der Waals surface area contributed by atoms with Gasteiger partial charge in [0.05, 0.1) is 0 Å². The summed E-state index contributed by atoms with van der Waals surface area (Å²) >= 11 is 0. The molecule has 0 aliphatic rings. The standard InChI is InChI=1S/C2H4O2.ClH.Na.Zn.H/c1-2(3)4;;;;/h1H3,(H,3,4);1H;;;. The third-order valence-electron chi connectivity index (χ3n) is 0. The van der Waals surface area contributed by atoms with Gasteiger partial charge in [-0.3, -0.25) is 4.79 Å². The average Bonchev–Trinajstić information content (AvgIpc) is 0.811. The van der Waals surface area contributed by atoms with Crippen LogP contribution in [0.1, 0.15) is 6.92 Å². The monoisotopic (exact) mass is 184 g/mol. The molecule has 5 heteroatoms. The average molecular weight is 186 g/mol. The second-order valence-corrected chi connectivity index (χ2v) is 0.519. The zero-order valence-corrected chi connectivity index (χ0v) is 7.25. The maximum atomic E-state index is 9.00. The van der Waals surface area contributed by atoms with Crippen molar-refractivity contribution in [1.29, 1.82) is 0 Å². The van der Waals surface area contributed by atoms with Gasteiger partial charge in [-0.2, -0.15) is 0 Å². The van der Waals surface area contributed by atoms with E-state index >= 15 is 0 Å². The number of carbonyl (C=O) groups is 1. The van der Waals surface area contributed by atoms with Crippen LogP contribution in [0.15, 0.2) is 0 Å². The van der Waals surface area contributed by atoms with E-state index in [0.29, 0.717) is 0 Å². The number of carboxylic acid groups (broad SMARTS) is 1. The number of hydrogen-bond acceptors (Lipinski definition) is 1. The maximum Gasteiger partial charge on any atom is 0 e. The van der Waals surface area contributed by atoms with Crippen molar-refractivity contribution in [2.45, 2.75) is 6.92 Å². The van der Waals surface area contributed by atoms with E-state index in [9.17, 15) is 0 Å². The Morgan fingerprint density at radius 3 is 1.57 bits per heavy atom. The summed E-state index contributed by atoms with van der Waals surface area (Å²) in [7, 11) is 0. The summed E-state index contributed by atoms with van der Waals surface area (Å²) in [5.74, 6) is -0.833. The van der Waals surface area contributed by atoms with Crippen LogP contribution in [0.25, 0.3) is 0 Å². The maximum absolute atomic E-state index is 9.00. The smallest absolute Gasteiger partial charge is 0 e. The van der Waals surface area contributed by atoms with Gasteiger partial charge in [-0.25, -0.2) is 0 Å². The van der Waals surface area contributed by atoms with Crippen LogP contribution < -0.4 is 0 Å². The minimum absolute atomic E-state index is 0. The van der Waals surface area contributed by atoms with E-state index in [1.807, 2.05) is 0 Å². The van der Waals surface area contributed by atoms with Crippen molar-refractivity contribution in [3.8, 4) is 0 Å². The van der Waals surface area contributed by atoms with Crippen molar-refractivity contribution in [3.63, 3.8) is 0 Å². The zero-order chi connectivity index (χ0) is 3.58. The van der Waals surface area contributed by atoms with Gasteiger partial charge in [0.15, 0.2) is 0 Å². The Kier molecular flexibility index (Phi) is 53.2. The molecule has 1 N–H and O–H groups in total. The topological polar surface area (TPSA) is 37.3 Å². The molecule has 36 valence electrons. The summed E-state index contributed by atoms with van der Waals surface area (Å²) in [6.45, 7) is 1.08. The summed E-state index contributed by atoms with van der Waals surface area (Å²) in [4.78, 5) is 9.00. The summed E-state index contributed by atoms with van der Waals surface area (Å²) in [6.07, 6.45) is 0. The van der Waals surface area contributed by atoms with Gasteiger partial charge in [0.25, 0.3) is 5.97 Å². The molecule has 0 atom stereocenters. The van der Waals surface area contributed by atoms with Crippen LogP contribution in [0, 0.1) is 0 Å². The molecule has 0 amide bonds. The molecule has 0 bridgehead atoms. The Morgan fingerprint density at radius 1 is 1.57 bits per heavy atom. The predicted molar refractivity (Wildman–Crippen MR) is 27.7 cm³/mol. The van der Waals surface area contributed by atoms with Crippen LogP contribution in [-0.2, 0) is 24.3 Å². The van der Waals surface area contributed by atoms with Crippen LogP contribution in [0.3, 0.4) is 0 Å². The fraction of sp³-hybridized carbons (Fsp3) is 0.500. The Hall–Kier alpha value is 1.38. The molecule has 0 saturated heterocycles. The third-order valence-corrected chi connectivity index (χ3v) is 0. The summed E-state index contributed by atoms with van der Waals surface area (Å²) in [5.41, 5.74) is 0. The Balaban J connectivity index is -0.0000000150. The molecule has 2 nitrogen and oxygen atoms in total. The fourth-order valence-corrected chi connectivity index (χ4v) is 0. The van der Waals surface area contributed by atoms with E-state index < -0.39 is 5.97 Å². The fourth-order valence-electron chi connectivity index (χ4n) is 0. The number of rotatable bonds is 0. The second kappa shape index (κ2) is 15.7. The number of carboxylic acids is 1. The minimum Gasteiger partial charge on any atom is 0 e. The molecule has 0 aromatic heterocycles. The first kappa shape index (κ1) is 23.8. The Bertz CT molecular complexity index is 38.7. The van der Waals surface area contributed by atoms with E-state index in [-0.39, 0.29) is 61.4 Å². The molecule has 0 unspecified atom stereocenters. The molecule has 0 rings (SSSR count). The van der Waals surface area contributed by atoms with Crippen molar-refractivity contribution in [2.75, 3.05) is 0 Å². The molecule has 0 radical (unpaired) electrons. The van der Waals surface area contributed by atoms with Gasteiger partial charge in [0.2, 0.25) is 0 Å². The van der Waals surface area contributed by atoms with Crippen LogP contribution >= 0.6 is 12.4 Å². The minimum atomic E-state index is -0.833. The normalized spacial score (nSPS) is 3.57. The molecular weight excluding hydrogens is 180 g/mol.